The fraction of sp³-hybridized carbons (Fsp3) is 1.00. The zero-order valence-electron chi connectivity index (χ0n) is 16.7. The summed E-state index contributed by atoms with van der Waals surface area (Å²) in [6.07, 6.45) is 1.35. The summed E-state index contributed by atoms with van der Waals surface area (Å²) in [5.41, 5.74) is 0. The van der Waals surface area contributed by atoms with Gasteiger partial charge in [-0.2, -0.15) is 0 Å². The second-order valence-corrected chi connectivity index (χ2v) is 5.64. The van der Waals surface area contributed by atoms with Crippen LogP contribution in [0.3, 0.4) is 0 Å². The maximum absolute atomic E-state index is 5.10. The highest BCUT2D eigenvalue weighted by molar-refractivity contribution is 4.80. The molecule has 0 N–H and O–H groups in total. The minimum absolute atomic E-state index is 0.872. The van der Waals surface area contributed by atoms with Crippen LogP contribution in [0.5, 0.6) is 0 Å². The monoisotopic (exact) mass is 317 g/mol. The van der Waals surface area contributed by atoms with Gasteiger partial charge in [-0.1, -0.05) is 34.6 Å². The van der Waals surface area contributed by atoms with Crippen molar-refractivity contribution in [3.63, 3.8) is 0 Å². The zero-order chi connectivity index (χ0) is 17.4. The SMILES string of the molecule is CC.CC.CCN(CCC1CN(CCOC)C1)CCN(C)C. The van der Waals surface area contributed by atoms with E-state index in [-0.39, 0.29) is 0 Å². The van der Waals surface area contributed by atoms with E-state index in [2.05, 4.69) is 35.7 Å². The highest BCUT2D eigenvalue weighted by Crippen LogP contribution is 2.18. The Labute approximate surface area is 140 Å². The van der Waals surface area contributed by atoms with Gasteiger partial charge in [-0.25, -0.2) is 0 Å². The lowest BCUT2D eigenvalue weighted by atomic mass is 9.96. The van der Waals surface area contributed by atoms with Gasteiger partial charge >= 0.3 is 0 Å². The van der Waals surface area contributed by atoms with Crippen LogP contribution in [0.1, 0.15) is 41.0 Å². The summed E-state index contributed by atoms with van der Waals surface area (Å²) in [5, 5.41) is 0. The van der Waals surface area contributed by atoms with Crippen LogP contribution < -0.4 is 0 Å². The molecule has 0 aromatic heterocycles. The molecule has 4 heteroatoms. The number of likely N-dealkylation sites (tertiary alicyclic amines) is 1. The Morgan fingerprint density at radius 1 is 1.00 bits per heavy atom. The molecule has 136 valence electrons. The molecule has 0 atom stereocenters. The van der Waals surface area contributed by atoms with E-state index < -0.39 is 0 Å². The lowest BCUT2D eigenvalue weighted by Crippen LogP contribution is -2.49. The molecule has 0 radical (unpaired) electrons. The molecule has 0 bridgehead atoms. The van der Waals surface area contributed by atoms with E-state index in [9.17, 15) is 0 Å². The fourth-order valence-corrected chi connectivity index (χ4v) is 2.40. The van der Waals surface area contributed by atoms with Crippen molar-refractivity contribution in [2.45, 2.75) is 41.0 Å². The number of likely N-dealkylation sites (N-methyl/N-ethyl adjacent to an activating group) is 2. The van der Waals surface area contributed by atoms with Crippen LogP contribution in [0.2, 0.25) is 0 Å². The number of hydrogen-bond acceptors (Lipinski definition) is 4. The highest BCUT2D eigenvalue weighted by Gasteiger charge is 2.25. The first-order valence-electron chi connectivity index (χ1n) is 9.24. The number of methoxy groups -OCH3 is 1. The summed E-state index contributed by atoms with van der Waals surface area (Å²) >= 11 is 0. The van der Waals surface area contributed by atoms with Crippen molar-refractivity contribution in [1.29, 1.82) is 0 Å². The lowest BCUT2D eigenvalue weighted by Gasteiger charge is -2.40. The zero-order valence-corrected chi connectivity index (χ0v) is 16.7. The van der Waals surface area contributed by atoms with Crippen molar-refractivity contribution in [2.75, 3.05) is 73.6 Å². The first-order chi connectivity index (χ1) is 10.7. The van der Waals surface area contributed by atoms with E-state index in [0.29, 0.717) is 0 Å². The molecule has 0 unspecified atom stereocenters. The molecule has 0 aromatic carbocycles. The lowest BCUT2D eigenvalue weighted by molar-refractivity contribution is 0.0548. The smallest absolute Gasteiger partial charge is 0.0589 e. The molecule has 0 spiro atoms. The van der Waals surface area contributed by atoms with E-state index >= 15 is 0 Å². The van der Waals surface area contributed by atoms with Gasteiger partial charge in [-0.3, -0.25) is 0 Å². The van der Waals surface area contributed by atoms with Gasteiger partial charge in [0.25, 0.3) is 0 Å². The summed E-state index contributed by atoms with van der Waals surface area (Å²) < 4.78 is 5.10. The van der Waals surface area contributed by atoms with Crippen molar-refractivity contribution < 1.29 is 4.74 Å². The third-order valence-corrected chi connectivity index (χ3v) is 3.81. The van der Waals surface area contributed by atoms with Gasteiger partial charge in [0.15, 0.2) is 0 Å². The van der Waals surface area contributed by atoms with Crippen molar-refractivity contribution in [1.82, 2.24) is 14.7 Å². The third-order valence-electron chi connectivity index (χ3n) is 3.81. The van der Waals surface area contributed by atoms with Gasteiger partial charge in [0.2, 0.25) is 0 Å². The Morgan fingerprint density at radius 2 is 1.59 bits per heavy atom. The molecule has 1 heterocycles. The molecule has 1 aliphatic rings. The molecule has 0 aliphatic carbocycles. The van der Waals surface area contributed by atoms with Crippen LogP contribution in [0, 0.1) is 5.92 Å². The molecule has 0 saturated carbocycles. The maximum Gasteiger partial charge on any atom is 0.0589 e. The highest BCUT2D eigenvalue weighted by atomic mass is 16.5. The summed E-state index contributed by atoms with van der Waals surface area (Å²) in [7, 11) is 6.07. The van der Waals surface area contributed by atoms with Gasteiger partial charge < -0.3 is 19.4 Å². The average molecular weight is 318 g/mol. The van der Waals surface area contributed by atoms with Crippen LogP contribution in [0.4, 0.5) is 0 Å². The Bertz CT molecular complexity index is 207. The van der Waals surface area contributed by atoms with Crippen LogP contribution >= 0.6 is 0 Å². The van der Waals surface area contributed by atoms with E-state index in [1.165, 1.54) is 45.7 Å². The first kappa shape index (κ1) is 24.1. The number of hydrogen-bond donors (Lipinski definition) is 0. The number of nitrogens with zero attached hydrogens (tertiary/aromatic N) is 3. The minimum atomic E-state index is 0.872. The molecule has 0 aromatic rings. The topological polar surface area (TPSA) is 19.0 Å². The van der Waals surface area contributed by atoms with Gasteiger partial charge in [0.05, 0.1) is 6.61 Å². The summed E-state index contributed by atoms with van der Waals surface area (Å²) in [6.45, 7) is 19.6. The van der Waals surface area contributed by atoms with E-state index in [1.807, 2.05) is 27.7 Å². The molecular formula is C18H43N3O. The third kappa shape index (κ3) is 12.4. The molecule has 1 saturated heterocycles. The van der Waals surface area contributed by atoms with Crippen molar-refractivity contribution in [3.05, 3.63) is 0 Å². The maximum atomic E-state index is 5.10. The van der Waals surface area contributed by atoms with E-state index in [1.54, 1.807) is 7.11 Å². The predicted octanol–water partition coefficient (Wildman–Crippen LogP) is 2.89. The Hall–Kier alpha value is -0.160. The van der Waals surface area contributed by atoms with Crippen LogP contribution in [-0.4, -0.2) is 88.3 Å². The fourth-order valence-electron chi connectivity index (χ4n) is 2.40. The molecule has 1 fully saturated rings. The Morgan fingerprint density at radius 3 is 2.05 bits per heavy atom. The summed E-state index contributed by atoms with van der Waals surface area (Å²) in [4.78, 5) is 7.32. The molecular weight excluding hydrogens is 274 g/mol. The molecule has 1 aliphatic heterocycles. The van der Waals surface area contributed by atoms with Crippen LogP contribution in [0.15, 0.2) is 0 Å². The predicted molar refractivity (Wildman–Crippen MR) is 99.8 cm³/mol. The van der Waals surface area contributed by atoms with Crippen LogP contribution in [0.25, 0.3) is 0 Å². The molecule has 22 heavy (non-hydrogen) atoms. The van der Waals surface area contributed by atoms with Crippen molar-refractivity contribution >= 4 is 0 Å². The van der Waals surface area contributed by atoms with Crippen LogP contribution in [-0.2, 0) is 4.74 Å². The van der Waals surface area contributed by atoms with Gasteiger partial charge in [0, 0.05) is 39.8 Å². The van der Waals surface area contributed by atoms with Gasteiger partial charge in [-0.05, 0) is 39.5 Å². The number of rotatable bonds is 10. The largest absolute Gasteiger partial charge is 0.383 e. The molecule has 1 rings (SSSR count). The quantitative estimate of drug-likeness (QED) is 0.616. The standard InChI is InChI=1S/C14H31N3O.2C2H6/c1-5-16(9-8-15(2)3)7-6-14-12-17(13-14)10-11-18-4;2*1-2/h14H,5-13H2,1-4H3;2*1-2H3. The summed E-state index contributed by atoms with van der Waals surface area (Å²) in [6, 6.07) is 0. The average Bonchev–Trinajstić information content (AvgIpc) is 2.52. The minimum Gasteiger partial charge on any atom is -0.383 e. The number of ether oxygens (including phenoxy) is 1. The van der Waals surface area contributed by atoms with E-state index in [0.717, 1.165) is 19.1 Å². The molecule has 4 nitrogen and oxygen atoms in total. The van der Waals surface area contributed by atoms with E-state index in [4.69, 9.17) is 4.74 Å². The van der Waals surface area contributed by atoms with Gasteiger partial charge in [-0.15, -0.1) is 0 Å². The Kier molecular flexibility index (Phi) is 18.8. The van der Waals surface area contributed by atoms with Gasteiger partial charge in [0.1, 0.15) is 0 Å². The van der Waals surface area contributed by atoms with Crippen molar-refractivity contribution in [2.24, 2.45) is 5.92 Å². The summed E-state index contributed by atoms with van der Waals surface area (Å²) in [5.74, 6) is 0.912. The second kappa shape index (κ2) is 17.2. The second-order valence-electron chi connectivity index (χ2n) is 5.64. The Balaban J connectivity index is 0. The molecule has 0 amide bonds. The van der Waals surface area contributed by atoms with Crippen molar-refractivity contribution in [3.8, 4) is 0 Å². The normalized spacial score (nSPS) is 15.0. The first-order valence-corrected chi connectivity index (χ1v) is 9.24.